The molecule has 3 aliphatic rings. The Kier molecular flexibility index (Phi) is 3.48. The van der Waals surface area contributed by atoms with E-state index in [0.29, 0.717) is 10.8 Å². The molecule has 0 bridgehead atoms. The molecule has 1 heterocycles. The number of likely N-dealkylation sites (tertiary alicyclic amines) is 1. The molecular weight excluding hydrogens is 234 g/mol. The van der Waals surface area contributed by atoms with E-state index in [0.717, 1.165) is 12.5 Å². The summed E-state index contributed by atoms with van der Waals surface area (Å²) in [5.74, 6) is 1.15. The van der Waals surface area contributed by atoms with E-state index in [-0.39, 0.29) is 0 Å². The van der Waals surface area contributed by atoms with Crippen LogP contribution in [0.25, 0.3) is 0 Å². The monoisotopic (exact) mass is 263 g/mol. The SMILES string of the molecule is CN=C(NCC1(C)CCCC1)N1CCC2(CCC2)C1. The van der Waals surface area contributed by atoms with Crippen molar-refractivity contribution >= 4 is 5.96 Å². The van der Waals surface area contributed by atoms with Gasteiger partial charge in [-0.25, -0.2) is 0 Å². The summed E-state index contributed by atoms with van der Waals surface area (Å²) in [5, 5.41) is 3.66. The van der Waals surface area contributed by atoms with Crippen LogP contribution in [-0.2, 0) is 0 Å². The van der Waals surface area contributed by atoms with Gasteiger partial charge in [0.15, 0.2) is 5.96 Å². The van der Waals surface area contributed by atoms with Crippen LogP contribution in [0, 0.1) is 10.8 Å². The van der Waals surface area contributed by atoms with Crippen LogP contribution in [0.4, 0.5) is 0 Å². The van der Waals surface area contributed by atoms with E-state index in [9.17, 15) is 0 Å². The second-order valence-corrected chi connectivity index (χ2v) is 7.44. The molecule has 108 valence electrons. The predicted octanol–water partition coefficient (Wildman–Crippen LogP) is 3.02. The van der Waals surface area contributed by atoms with Crippen molar-refractivity contribution in [2.75, 3.05) is 26.7 Å². The Morgan fingerprint density at radius 1 is 1.11 bits per heavy atom. The molecule has 0 unspecified atom stereocenters. The average Bonchev–Trinajstić information content (AvgIpc) is 2.97. The van der Waals surface area contributed by atoms with Crippen molar-refractivity contribution in [3.05, 3.63) is 0 Å². The van der Waals surface area contributed by atoms with Gasteiger partial charge in [-0.05, 0) is 42.9 Å². The molecule has 1 aliphatic heterocycles. The summed E-state index contributed by atoms with van der Waals surface area (Å²) in [6.45, 7) is 5.97. The Bertz CT molecular complexity index is 351. The first-order valence-electron chi connectivity index (χ1n) is 8.11. The van der Waals surface area contributed by atoms with Crippen LogP contribution in [0.1, 0.15) is 58.3 Å². The lowest BCUT2D eigenvalue weighted by atomic mass is 9.68. The van der Waals surface area contributed by atoms with E-state index in [4.69, 9.17) is 0 Å². The minimum absolute atomic E-state index is 0.504. The maximum absolute atomic E-state index is 4.52. The molecular formula is C16H29N3. The first-order valence-corrected chi connectivity index (χ1v) is 8.11. The van der Waals surface area contributed by atoms with Gasteiger partial charge in [0, 0.05) is 26.7 Å². The van der Waals surface area contributed by atoms with Crippen LogP contribution >= 0.6 is 0 Å². The molecule has 2 aliphatic carbocycles. The number of nitrogens with one attached hydrogen (secondary N) is 1. The summed E-state index contributed by atoms with van der Waals surface area (Å²) < 4.78 is 0. The zero-order valence-electron chi connectivity index (χ0n) is 12.7. The minimum atomic E-state index is 0.504. The molecule has 0 radical (unpaired) electrons. The molecule has 0 aromatic heterocycles. The third kappa shape index (κ3) is 2.61. The van der Waals surface area contributed by atoms with Gasteiger partial charge in [0.2, 0.25) is 0 Å². The molecule has 2 saturated carbocycles. The standard InChI is InChI=1S/C16H29N3/c1-15(6-3-4-7-15)12-18-14(17-2)19-11-10-16(13-19)8-5-9-16/h3-13H2,1-2H3,(H,17,18). The number of nitrogens with zero attached hydrogens (tertiary/aromatic N) is 2. The normalized spacial score (nSPS) is 28.7. The van der Waals surface area contributed by atoms with E-state index in [2.05, 4.69) is 22.1 Å². The van der Waals surface area contributed by atoms with Gasteiger partial charge in [0.1, 0.15) is 0 Å². The van der Waals surface area contributed by atoms with Crippen LogP contribution in [0.5, 0.6) is 0 Å². The van der Waals surface area contributed by atoms with Crippen molar-refractivity contribution < 1.29 is 0 Å². The molecule has 19 heavy (non-hydrogen) atoms. The van der Waals surface area contributed by atoms with Gasteiger partial charge >= 0.3 is 0 Å². The number of rotatable bonds is 2. The molecule has 0 aromatic carbocycles. The maximum atomic E-state index is 4.52. The topological polar surface area (TPSA) is 27.6 Å². The Morgan fingerprint density at radius 3 is 2.37 bits per heavy atom. The molecule has 3 nitrogen and oxygen atoms in total. The summed E-state index contributed by atoms with van der Waals surface area (Å²) >= 11 is 0. The quantitative estimate of drug-likeness (QED) is 0.612. The molecule has 0 amide bonds. The highest BCUT2D eigenvalue weighted by Gasteiger charge is 2.43. The highest BCUT2D eigenvalue weighted by atomic mass is 15.3. The third-order valence-corrected chi connectivity index (χ3v) is 5.85. The maximum Gasteiger partial charge on any atom is 0.193 e. The van der Waals surface area contributed by atoms with E-state index < -0.39 is 0 Å². The van der Waals surface area contributed by atoms with Crippen LogP contribution < -0.4 is 5.32 Å². The van der Waals surface area contributed by atoms with Gasteiger partial charge in [0.25, 0.3) is 0 Å². The van der Waals surface area contributed by atoms with Crippen molar-refractivity contribution in [2.45, 2.75) is 58.3 Å². The minimum Gasteiger partial charge on any atom is -0.356 e. The van der Waals surface area contributed by atoms with Crippen molar-refractivity contribution in [3.63, 3.8) is 0 Å². The summed E-state index contributed by atoms with van der Waals surface area (Å²) in [6, 6.07) is 0. The number of guanidine groups is 1. The van der Waals surface area contributed by atoms with E-state index in [1.54, 1.807) is 0 Å². The van der Waals surface area contributed by atoms with Crippen LogP contribution in [0.15, 0.2) is 4.99 Å². The summed E-state index contributed by atoms with van der Waals surface area (Å²) in [4.78, 5) is 7.02. The largest absolute Gasteiger partial charge is 0.356 e. The van der Waals surface area contributed by atoms with Gasteiger partial charge in [-0.1, -0.05) is 26.2 Å². The number of hydrogen-bond donors (Lipinski definition) is 1. The first-order chi connectivity index (χ1) is 9.15. The lowest BCUT2D eigenvalue weighted by molar-refractivity contribution is 0.151. The molecule has 3 rings (SSSR count). The highest BCUT2D eigenvalue weighted by Crippen LogP contribution is 2.48. The predicted molar refractivity (Wildman–Crippen MR) is 80.4 cm³/mol. The number of hydrogen-bond acceptors (Lipinski definition) is 1. The van der Waals surface area contributed by atoms with E-state index in [1.807, 2.05) is 7.05 Å². The average molecular weight is 263 g/mol. The smallest absolute Gasteiger partial charge is 0.193 e. The van der Waals surface area contributed by atoms with Gasteiger partial charge in [-0.2, -0.15) is 0 Å². The van der Waals surface area contributed by atoms with Crippen molar-refractivity contribution in [1.29, 1.82) is 0 Å². The Balaban J connectivity index is 1.53. The Hall–Kier alpha value is -0.730. The van der Waals surface area contributed by atoms with Crippen molar-refractivity contribution in [3.8, 4) is 0 Å². The van der Waals surface area contributed by atoms with Crippen LogP contribution in [-0.4, -0.2) is 37.5 Å². The van der Waals surface area contributed by atoms with Crippen LogP contribution in [0.3, 0.4) is 0 Å². The summed E-state index contributed by atoms with van der Waals surface area (Å²) in [7, 11) is 1.94. The molecule has 1 N–H and O–H groups in total. The Morgan fingerprint density at radius 2 is 1.84 bits per heavy atom. The number of aliphatic imine (C=N–C) groups is 1. The van der Waals surface area contributed by atoms with Gasteiger partial charge < -0.3 is 10.2 Å². The fourth-order valence-corrected chi connectivity index (χ4v) is 4.23. The highest BCUT2D eigenvalue weighted by molar-refractivity contribution is 5.80. The molecule has 3 heteroatoms. The van der Waals surface area contributed by atoms with E-state index >= 15 is 0 Å². The zero-order chi connectivity index (χ0) is 13.3. The Labute approximate surface area is 117 Å². The third-order valence-electron chi connectivity index (χ3n) is 5.85. The molecule has 1 spiro atoms. The lowest BCUT2D eigenvalue weighted by Crippen LogP contribution is -2.45. The van der Waals surface area contributed by atoms with E-state index in [1.165, 1.54) is 64.5 Å². The van der Waals surface area contributed by atoms with Gasteiger partial charge in [-0.3, -0.25) is 4.99 Å². The fraction of sp³-hybridized carbons (Fsp3) is 0.938. The van der Waals surface area contributed by atoms with Crippen molar-refractivity contribution in [2.24, 2.45) is 15.8 Å². The molecule has 1 saturated heterocycles. The first kappa shape index (κ1) is 13.3. The molecule has 0 aromatic rings. The molecule has 3 fully saturated rings. The molecule has 0 atom stereocenters. The van der Waals surface area contributed by atoms with Gasteiger partial charge in [-0.15, -0.1) is 0 Å². The zero-order valence-corrected chi connectivity index (χ0v) is 12.7. The van der Waals surface area contributed by atoms with Crippen LogP contribution in [0.2, 0.25) is 0 Å². The van der Waals surface area contributed by atoms with Crippen molar-refractivity contribution in [1.82, 2.24) is 10.2 Å². The summed E-state index contributed by atoms with van der Waals surface area (Å²) in [6.07, 6.45) is 11.3. The van der Waals surface area contributed by atoms with Gasteiger partial charge in [0.05, 0.1) is 0 Å². The second-order valence-electron chi connectivity index (χ2n) is 7.44. The lowest BCUT2D eigenvalue weighted by Gasteiger charge is -2.38. The summed E-state index contributed by atoms with van der Waals surface area (Å²) in [5.41, 5.74) is 1.17. The fourth-order valence-electron chi connectivity index (χ4n) is 4.23. The second kappa shape index (κ2) is 4.99.